The highest BCUT2D eigenvalue weighted by atomic mass is 15.0. The molecule has 0 aliphatic carbocycles. The van der Waals surface area contributed by atoms with Crippen LogP contribution in [0.1, 0.15) is 0 Å². The third-order valence-corrected chi connectivity index (χ3v) is 8.39. The fourth-order valence-electron chi connectivity index (χ4n) is 6.54. The van der Waals surface area contributed by atoms with Crippen molar-refractivity contribution in [3.05, 3.63) is 146 Å². The first kappa shape index (κ1) is 23.0. The number of aromatic nitrogens is 4. The molecule has 0 aliphatic heterocycles. The lowest BCUT2D eigenvalue weighted by Crippen LogP contribution is -1.98. The summed E-state index contributed by atoms with van der Waals surface area (Å²) in [6, 6.07) is 47.3. The van der Waals surface area contributed by atoms with Gasteiger partial charge in [-0.15, -0.1) is 0 Å². The van der Waals surface area contributed by atoms with Gasteiger partial charge < -0.3 is 9.13 Å². The number of benzene rings is 6. The van der Waals surface area contributed by atoms with E-state index in [1.807, 2.05) is 42.7 Å². The van der Waals surface area contributed by atoms with Crippen molar-refractivity contribution in [2.24, 2.45) is 0 Å². The summed E-state index contributed by atoms with van der Waals surface area (Å²) in [5, 5.41) is 7.36. The summed E-state index contributed by atoms with van der Waals surface area (Å²) in [5.74, 6) is 0.722. The summed E-state index contributed by atoms with van der Waals surface area (Å²) in [4.78, 5) is 9.55. The van der Waals surface area contributed by atoms with Gasteiger partial charge >= 0.3 is 0 Å². The smallest absolute Gasteiger partial charge is 0.159 e. The van der Waals surface area contributed by atoms with Crippen LogP contribution in [0.3, 0.4) is 0 Å². The largest absolute Gasteiger partial charge is 0.309 e. The van der Waals surface area contributed by atoms with Crippen molar-refractivity contribution in [3.63, 3.8) is 0 Å². The predicted molar refractivity (Wildman–Crippen MR) is 174 cm³/mol. The highest BCUT2D eigenvalue weighted by Gasteiger charge is 2.18. The molecule has 4 nitrogen and oxygen atoms in total. The van der Waals surface area contributed by atoms with Gasteiger partial charge in [0, 0.05) is 38.2 Å². The minimum atomic E-state index is 0.722. The second-order valence-electron chi connectivity index (χ2n) is 10.7. The van der Waals surface area contributed by atoms with Crippen molar-refractivity contribution < 1.29 is 0 Å². The molecular formula is C38H24N4. The predicted octanol–water partition coefficient (Wildman–Crippen LogP) is 9.49. The lowest BCUT2D eigenvalue weighted by atomic mass is 10.0. The first-order valence-corrected chi connectivity index (χ1v) is 14.2. The van der Waals surface area contributed by atoms with Crippen molar-refractivity contribution in [1.29, 1.82) is 0 Å². The Balaban J connectivity index is 1.38. The lowest BCUT2D eigenvalue weighted by Gasteiger charge is -2.11. The molecule has 42 heavy (non-hydrogen) atoms. The van der Waals surface area contributed by atoms with E-state index in [0.717, 1.165) is 33.8 Å². The van der Waals surface area contributed by atoms with E-state index in [1.165, 1.54) is 43.4 Å². The highest BCUT2D eigenvalue weighted by Crippen LogP contribution is 2.40. The molecule has 6 aromatic carbocycles. The zero-order valence-electron chi connectivity index (χ0n) is 22.6. The highest BCUT2D eigenvalue weighted by molar-refractivity contribution is 6.22. The zero-order chi connectivity index (χ0) is 27.6. The number of nitrogens with zero attached hydrogens (tertiary/aromatic N) is 4. The van der Waals surface area contributed by atoms with Gasteiger partial charge in [0.25, 0.3) is 0 Å². The van der Waals surface area contributed by atoms with E-state index in [1.54, 1.807) is 0 Å². The Kier molecular flexibility index (Phi) is 4.87. The van der Waals surface area contributed by atoms with E-state index >= 15 is 0 Å². The van der Waals surface area contributed by atoms with E-state index in [-0.39, 0.29) is 0 Å². The molecule has 9 aromatic rings. The Hall–Kier alpha value is -5.74. The first-order valence-electron chi connectivity index (χ1n) is 14.2. The van der Waals surface area contributed by atoms with Crippen LogP contribution < -0.4 is 0 Å². The van der Waals surface area contributed by atoms with Gasteiger partial charge in [-0.05, 0) is 41.8 Å². The maximum absolute atomic E-state index is 4.78. The molecule has 3 aromatic heterocycles. The fourth-order valence-corrected chi connectivity index (χ4v) is 6.54. The van der Waals surface area contributed by atoms with Gasteiger partial charge in [-0.3, -0.25) is 0 Å². The molecule has 0 unspecified atom stereocenters. The molecule has 0 spiro atoms. The monoisotopic (exact) mass is 536 g/mol. The second kappa shape index (κ2) is 8.88. The molecule has 0 amide bonds. The van der Waals surface area contributed by atoms with E-state index in [2.05, 4.69) is 112 Å². The average molecular weight is 537 g/mol. The molecule has 4 heteroatoms. The molecule has 0 bridgehead atoms. The van der Waals surface area contributed by atoms with Crippen LogP contribution >= 0.6 is 0 Å². The molecule has 0 saturated heterocycles. The molecular weight excluding hydrogens is 512 g/mol. The Bertz CT molecular complexity index is 2430. The maximum Gasteiger partial charge on any atom is 0.159 e. The van der Waals surface area contributed by atoms with Gasteiger partial charge in [-0.1, -0.05) is 97.1 Å². The minimum absolute atomic E-state index is 0.722. The Morgan fingerprint density at radius 2 is 1.02 bits per heavy atom. The van der Waals surface area contributed by atoms with Crippen molar-refractivity contribution in [2.45, 2.75) is 0 Å². The Morgan fingerprint density at radius 3 is 1.76 bits per heavy atom. The summed E-state index contributed by atoms with van der Waals surface area (Å²) in [6.07, 6.45) is 3.87. The minimum Gasteiger partial charge on any atom is -0.309 e. The molecule has 0 radical (unpaired) electrons. The molecule has 0 N–H and O–H groups in total. The SMILES string of the molecule is c1ccc(-c2ncc(-n3c4ccccc4c4cc5ccc6c7ccccc7n(-c7ccccc7)c6c5cc43)cn2)cc1. The Labute approximate surface area is 241 Å². The van der Waals surface area contributed by atoms with E-state index < -0.39 is 0 Å². The Morgan fingerprint density at radius 1 is 0.405 bits per heavy atom. The van der Waals surface area contributed by atoms with Gasteiger partial charge in [-0.2, -0.15) is 0 Å². The molecule has 3 heterocycles. The van der Waals surface area contributed by atoms with E-state index in [9.17, 15) is 0 Å². The van der Waals surface area contributed by atoms with Crippen LogP contribution in [-0.2, 0) is 0 Å². The van der Waals surface area contributed by atoms with Crippen LogP contribution in [-0.4, -0.2) is 19.1 Å². The summed E-state index contributed by atoms with van der Waals surface area (Å²) in [5.41, 5.74) is 7.80. The van der Waals surface area contributed by atoms with Crippen molar-refractivity contribution >= 4 is 54.4 Å². The molecule has 0 saturated carbocycles. The molecule has 0 fully saturated rings. The summed E-state index contributed by atoms with van der Waals surface area (Å²) in [6.45, 7) is 0. The number of hydrogen-bond acceptors (Lipinski definition) is 2. The van der Waals surface area contributed by atoms with E-state index in [0.29, 0.717) is 0 Å². The van der Waals surface area contributed by atoms with E-state index in [4.69, 9.17) is 9.97 Å². The molecule has 0 atom stereocenters. The zero-order valence-corrected chi connectivity index (χ0v) is 22.6. The summed E-state index contributed by atoms with van der Waals surface area (Å²) >= 11 is 0. The van der Waals surface area contributed by atoms with Gasteiger partial charge in [-0.25, -0.2) is 9.97 Å². The quantitative estimate of drug-likeness (QED) is 0.225. The fraction of sp³-hybridized carbons (Fsp3) is 0. The number of para-hydroxylation sites is 3. The van der Waals surface area contributed by atoms with Crippen molar-refractivity contribution in [1.82, 2.24) is 19.1 Å². The molecule has 196 valence electrons. The third-order valence-electron chi connectivity index (χ3n) is 8.39. The summed E-state index contributed by atoms with van der Waals surface area (Å²) < 4.78 is 4.71. The van der Waals surface area contributed by atoms with Crippen molar-refractivity contribution in [2.75, 3.05) is 0 Å². The lowest BCUT2D eigenvalue weighted by molar-refractivity contribution is 1.08. The summed E-state index contributed by atoms with van der Waals surface area (Å²) in [7, 11) is 0. The average Bonchev–Trinajstić information content (AvgIpc) is 3.57. The number of fused-ring (bicyclic) bond motifs is 8. The number of hydrogen-bond donors (Lipinski definition) is 0. The molecule has 0 aliphatic rings. The second-order valence-corrected chi connectivity index (χ2v) is 10.7. The van der Waals surface area contributed by atoms with Gasteiger partial charge in [0.15, 0.2) is 5.82 Å². The number of rotatable bonds is 3. The van der Waals surface area contributed by atoms with Gasteiger partial charge in [0.05, 0.1) is 40.1 Å². The van der Waals surface area contributed by atoms with Crippen molar-refractivity contribution in [3.8, 4) is 22.8 Å². The molecule has 9 rings (SSSR count). The van der Waals surface area contributed by atoms with Crippen LogP contribution in [0.4, 0.5) is 0 Å². The van der Waals surface area contributed by atoms with Crippen LogP contribution in [0.15, 0.2) is 146 Å². The normalized spacial score (nSPS) is 11.8. The first-order chi connectivity index (χ1) is 20.8. The third kappa shape index (κ3) is 3.29. The van der Waals surface area contributed by atoms with Gasteiger partial charge in [0.2, 0.25) is 0 Å². The van der Waals surface area contributed by atoms with Gasteiger partial charge in [0.1, 0.15) is 0 Å². The maximum atomic E-state index is 4.78. The standard InChI is InChI=1S/C38H24N4/c1-3-11-25(12-4-1)38-39-23-28(24-40-38)41-34-17-9-8-16-30(34)33-21-26-19-20-31-29-15-7-10-18-35(29)42(27-13-5-2-6-14-27)37(31)32(26)22-36(33)41/h1-24H. The topological polar surface area (TPSA) is 35.6 Å². The van der Waals surface area contributed by atoms with Crippen LogP contribution in [0.2, 0.25) is 0 Å². The van der Waals surface area contributed by atoms with Crippen LogP contribution in [0.5, 0.6) is 0 Å². The van der Waals surface area contributed by atoms with Crippen LogP contribution in [0.25, 0.3) is 77.1 Å². The van der Waals surface area contributed by atoms with Crippen LogP contribution in [0, 0.1) is 0 Å².